The van der Waals surface area contributed by atoms with Crippen LogP contribution < -0.4 is 0 Å². The Kier molecular flexibility index (Phi) is 6.39. The molecule has 2 aromatic heterocycles. The topological polar surface area (TPSA) is 94.8 Å². The van der Waals surface area contributed by atoms with Gasteiger partial charge in [0.15, 0.2) is 6.61 Å². The van der Waals surface area contributed by atoms with Crippen LogP contribution in [0.1, 0.15) is 39.5 Å². The van der Waals surface area contributed by atoms with Crippen LogP contribution in [0.2, 0.25) is 0 Å². The molecule has 0 spiro atoms. The molecule has 1 unspecified atom stereocenters. The minimum absolute atomic E-state index is 0.0959. The number of amides is 1. The van der Waals surface area contributed by atoms with Gasteiger partial charge in [0.25, 0.3) is 11.8 Å². The number of likely N-dealkylation sites (tertiary alicyclic amines) is 1. The Morgan fingerprint density at radius 2 is 2.14 bits per heavy atom. The van der Waals surface area contributed by atoms with Crippen molar-refractivity contribution in [3.63, 3.8) is 0 Å². The van der Waals surface area contributed by atoms with Crippen molar-refractivity contribution in [1.82, 2.24) is 15.1 Å². The number of hydrogen-bond donors (Lipinski definition) is 0. The zero-order valence-corrected chi connectivity index (χ0v) is 18.3. The third kappa shape index (κ3) is 5.54. The average molecular weight is 472 g/mol. The number of carbonyl (C=O) groups excluding carboxylic acids is 2. The first-order valence-corrected chi connectivity index (χ1v) is 10.5. The van der Waals surface area contributed by atoms with E-state index in [-0.39, 0.29) is 25.0 Å². The van der Waals surface area contributed by atoms with Gasteiger partial charge < -0.3 is 18.8 Å². The summed E-state index contributed by atoms with van der Waals surface area (Å²) in [4.78, 5) is 27.0. The van der Waals surface area contributed by atoms with E-state index in [0.29, 0.717) is 18.9 Å². The Morgan fingerprint density at radius 1 is 1.36 bits per heavy atom. The number of ether oxygens (including phenoxy) is 2. The van der Waals surface area contributed by atoms with E-state index in [2.05, 4.69) is 26.1 Å². The highest BCUT2D eigenvalue weighted by Crippen LogP contribution is 2.30. The van der Waals surface area contributed by atoms with Crippen molar-refractivity contribution in [3.05, 3.63) is 21.8 Å². The molecule has 0 bridgehead atoms. The molecular weight excluding hydrogens is 450 g/mol. The van der Waals surface area contributed by atoms with Crippen LogP contribution in [0.5, 0.6) is 0 Å². The minimum atomic E-state index is -0.571. The molecule has 0 saturated carbocycles. The zero-order chi connectivity index (χ0) is 20.3. The molecule has 0 aliphatic carbocycles. The van der Waals surface area contributed by atoms with Crippen molar-refractivity contribution in [1.29, 1.82) is 0 Å². The van der Waals surface area contributed by atoms with Gasteiger partial charge >= 0.3 is 12.1 Å². The summed E-state index contributed by atoms with van der Waals surface area (Å²) >= 11 is 4.85. The number of hydrogen-bond acceptors (Lipinski definition) is 8. The van der Waals surface area contributed by atoms with E-state index in [1.54, 1.807) is 4.90 Å². The second-order valence-corrected chi connectivity index (χ2v) is 9.94. The predicted molar refractivity (Wildman–Crippen MR) is 106 cm³/mol. The van der Waals surface area contributed by atoms with Gasteiger partial charge in [0.2, 0.25) is 0 Å². The third-order valence-corrected chi connectivity index (χ3v) is 5.61. The van der Waals surface area contributed by atoms with Crippen LogP contribution >= 0.6 is 27.3 Å². The SMILES string of the molecule is CC(C)(C)OC(=O)N1CCCC(C(=O)OCc2nnc(-c3ccc(Br)s3)o2)C1. The van der Waals surface area contributed by atoms with E-state index in [9.17, 15) is 9.59 Å². The lowest BCUT2D eigenvalue weighted by atomic mass is 9.98. The summed E-state index contributed by atoms with van der Waals surface area (Å²) in [5, 5.41) is 7.89. The van der Waals surface area contributed by atoms with E-state index in [1.807, 2.05) is 32.9 Å². The van der Waals surface area contributed by atoms with Crippen molar-refractivity contribution in [2.45, 2.75) is 45.8 Å². The molecule has 2 aromatic rings. The van der Waals surface area contributed by atoms with Crippen molar-refractivity contribution >= 4 is 39.3 Å². The van der Waals surface area contributed by atoms with E-state index in [0.717, 1.165) is 15.1 Å². The van der Waals surface area contributed by atoms with Crippen LogP contribution in [0.25, 0.3) is 10.8 Å². The molecule has 152 valence electrons. The molecule has 0 N–H and O–H groups in total. The Labute approximate surface area is 175 Å². The number of aromatic nitrogens is 2. The second-order valence-electron chi connectivity index (χ2n) is 7.48. The predicted octanol–water partition coefficient (Wildman–Crippen LogP) is 4.25. The van der Waals surface area contributed by atoms with Crippen molar-refractivity contribution in [3.8, 4) is 10.8 Å². The van der Waals surface area contributed by atoms with Gasteiger partial charge in [-0.1, -0.05) is 0 Å². The first-order chi connectivity index (χ1) is 13.2. The summed E-state index contributed by atoms with van der Waals surface area (Å²) in [5.41, 5.74) is -0.571. The van der Waals surface area contributed by atoms with Gasteiger partial charge in [-0.05, 0) is 61.7 Å². The van der Waals surface area contributed by atoms with Gasteiger partial charge in [-0.3, -0.25) is 4.79 Å². The maximum Gasteiger partial charge on any atom is 0.410 e. The fourth-order valence-electron chi connectivity index (χ4n) is 2.75. The summed E-state index contributed by atoms with van der Waals surface area (Å²) in [6, 6.07) is 3.76. The largest absolute Gasteiger partial charge is 0.455 e. The fourth-order valence-corrected chi connectivity index (χ4v) is 4.06. The standard InChI is InChI=1S/C18H22BrN3O5S/c1-18(2,3)27-17(24)22-8-4-5-11(9-22)16(23)25-10-14-20-21-15(26-14)12-6-7-13(19)28-12/h6-7,11H,4-5,8-10H2,1-3H3. The number of esters is 1. The summed E-state index contributed by atoms with van der Waals surface area (Å²) in [6.07, 6.45) is 0.974. The van der Waals surface area contributed by atoms with E-state index in [4.69, 9.17) is 13.9 Å². The molecular formula is C18H22BrN3O5S. The van der Waals surface area contributed by atoms with Crippen LogP contribution in [0.4, 0.5) is 4.79 Å². The Balaban J connectivity index is 1.52. The summed E-state index contributed by atoms with van der Waals surface area (Å²) in [6.45, 7) is 6.20. The minimum Gasteiger partial charge on any atom is -0.455 e. The lowest BCUT2D eigenvalue weighted by Gasteiger charge is -2.33. The monoisotopic (exact) mass is 471 g/mol. The van der Waals surface area contributed by atoms with Gasteiger partial charge in [-0.2, -0.15) is 0 Å². The van der Waals surface area contributed by atoms with Gasteiger partial charge in [0.05, 0.1) is 14.6 Å². The van der Waals surface area contributed by atoms with Gasteiger partial charge in [-0.15, -0.1) is 21.5 Å². The molecule has 1 atom stereocenters. The molecule has 3 heterocycles. The van der Waals surface area contributed by atoms with Crippen molar-refractivity contribution in [2.75, 3.05) is 13.1 Å². The highest BCUT2D eigenvalue weighted by molar-refractivity contribution is 9.11. The zero-order valence-electron chi connectivity index (χ0n) is 15.9. The van der Waals surface area contributed by atoms with Crippen LogP contribution in [0.15, 0.2) is 20.3 Å². The Bertz CT molecular complexity index is 844. The smallest absolute Gasteiger partial charge is 0.410 e. The highest BCUT2D eigenvalue weighted by atomic mass is 79.9. The lowest BCUT2D eigenvalue weighted by Crippen LogP contribution is -2.45. The van der Waals surface area contributed by atoms with Crippen LogP contribution in [0, 0.1) is 5.92 Å². The molecule has 0 radical (unpaired) electrons. The maximum atomic E-state index is 12.4. The van der Waals surface area contributed by atoms with Crippen molar-refractivity contribution < 1.29 is 23.5 Å². The van der Waals surface area contributed by atoms with Gasteiger partial charge in [0.1, 0.15) is 5.60 Å². The number of piperidine rings is 1. The van der Waals surface area contributed by atoms with Crippen LogP contribution in [-0.4, -0.2) is 45.9 Å². The molecule has 3 rings (SSSR count). The number of thiophene rings is 1. The van der Waals surface area contributed by atoms with E-state index >= 15 is 0 Å². The number of nitrogens with zero attached hydrogens (tertiary/aromatic N) is 3. The molecule has 0 aromatic carbocycles. The molecule has 1 fully saturated rings. The number of rotatable bonds is 4. The first-order valence-electron chi connectivity index (χ1n) is 8.94. The van der Waals surface area contributed by atoms with Crippen LogP contribution in [-0.2, 0) is 20.9 Å². The van der Waals surface area contributed by atoms with Crippen molar-refractivity contribution in [2.24, 2.45) is 5.92 Å². The molecule has 10 heteroatoms. The summed E-state index contributed by atoms with van der Waals surface area (Å²) in [5.74, 6) is -0.160. The normalized spacial score (nSPS) is 17.4. The molecule has 1 saturated heterocycles. The fraction of sp³-hybridized carbons (Fsp3) is 0.556. The van der Waals surface area contributed by atoms with Crippen LogP contribution in [0.3, 0.4) is 0 Å². The van der Waals surface area contributed by atoms with Gasteiger partial charge in [-0.25, -0.2) is 4.79 Å². The quantitative estimate of drug-likeness (QED) is 0.614. The Morgan fingerprint density at radius 3 is 2.82 bits per heavy atom. The first kappa shape index (κ1) is 20.8. The number of halogens is 1. The van der Waals surface area contributed by atoms with E-state index < -0.39 is 17.6 Å². The summed E-state index contributed by atoms with van der Waals surface area (Å²) < 4.78 is 17.2. The maximum absolute atomic E-state index is 12.4. The van der Waals surface area contributed by atoms with Gasteiger partial charge in [0, 0.05) is 13.1 Å². The Hall–Kier alpha value is -1.94. The molecule has 1 aliphatic heterocycles. The lowest BCUT2D eigenvalue weighted by molar-refractivity contribution is -0.152. The number of carbonyl (C=O) groups is 2. The second kappa shape index (κ2) is 8.60. The average Bonchev–Trinajstić information content (AvgIpc) is 3.27. The molecule has 1 aliphatic rings. The third-order valence-electron chi connectivity index (χ3n) is 4.00. The van der Waals surface area contributed by atoms with E-state index in [1.165, 1.54) is 11.3 Å². The molecule has 1 amide bonds. The summed E-state index contributed by atoms with van der Waals surface area (Å²) in [7, 11) is 0. The molecule has 28 heavy (non-hydrogen) atoms. The highest BCUT2D eigenvalue weighted by Gasteiger charge is 2.32. The molecule has 8 nitrogen and oxygen atoms in total.